The minimum absolute atomic E-state index is 0.496. The third kappa shape index (κ3) is 1.26. The summed E-state index contributed by atoms with van der Waals surface area (Å²) in [5, 5.41) is 3.54. The molecule has 0 bridgehead atoms. The van der Waals surface area contributed by atoms with Gasteiger partial charge in [-0.05, 0) is 6.92 Å². The molecule has 1 aliphatic rings. The molecular formula is C4H5Cl2NO. The highest BCUT2D eigenvalue weighted by Gasteiger charge is 2.32. The molecule has 0 unspecified atom stereocenters. The summed E-state index contributed by atoms with van der Waals surface area (Å²) in [5.41, 5.74) is 0.829. The molecule has 0 aromatic carbocycles. The van der Waals surface area contributed by atoms with E-state index in [9.17, 15) is 0 Å². The second-order valence-corrected chi connectivity index (χ2v) is 3.15. The van der Waals surface area contributed by atoms with Crippen LogP contribution in [0.4, 0.5) is 0 Å². The van der Waals surface area contributed by atoms with Crippen molar-refractivity contribution < 1.29 is 4.84 Å². The summed E-state index contributed by atoms with van der Waals surface area (Å²) < 4.78 is -1.09. The van der Waals surface area contributed by atoms with Gasteiger partial charge in [0.15, 0.2) is 0 Å². The Morgan fingerprint density at radius 2 is 2.38 bits per heavy atom. The third-order valence-electron chi connectivity index (χ3n) is 0.797. The highest BCUT2D eigenvalue weighted by molar-refractivity contribution is 6.48. The van der Waals surface area contributed by atoms with Crippen LogP contribution in [0.3, 0.4) is 0 Å². The summed E-state index contributed by atoms with van der Waals surface area (Å²) >= 11 is 11.0. The molecule has 0 radical (unpaired) electrons. The maximum Gasteiger partial charge on any atom is 0.289 e. The van der Waals surface area contributed by atoms with E-state index in [-0.39, 0.29) is 0 Å². The molecule has 0 aliphatic carbocycles. The number of hydrogen-bond acceptors (Lipinski definition) is 2. The molecule has 4 heteroatoms. The second kappa shape index (κ2) is 1.78. The average molecular weight is 154 g/mol. The van der Waals surface area contributed by atoms with Crippen LogP contribution in [0.5, 0.6) is 0 Å². The lowest BCUT2D eigenvalue weighted by Gasteiger charge is -2.06. The third-order valence-corrected chi connectivity index (χ3v) is 1.20. The molecule has 1 rings (SSSR count). The molecular weight excluding hydrogens is 149 g/mol. The first-order valence-corrected chi connectivity index (χ1v) is 2.95. The molecule has 0 saturated carbocycles. The van der Waals surface area contributed by atoms with E-state index < -0.39 is 4.52 Å². The summed E-state index contributed by atoms with van der Waals surface area (Å²) in [6, 6.07) is 0. The van der Waals surface area contributed by atoms with Gasteiger partial charge in [0.1, 0.15) is 0 Å². The van der Waals surface area contributed by atoms with Gasteiger partial charge in [-0.3, -0.25) is 0 Å². The first-order chi connectivity index (χ1) is 3.60. The van der Waals surface area contributed by atoms with Gasteiger partial charge in [-0.1, -0.05) is 28.4 Å². The number of rotatable bonds is 0. The highest BCUT2D eigenvalue weighted by Crippen LogP contribution is 2.31. The van der Waals surface area contributed by atoms with Crippen molar-refractivity contribution >= 4 is 28.9 Å². The number of nitrogens with zero attached hydrogens (tertiary/aromatic N) is 1. The number of hydrogen-bond donors (Lipinski definition) is 0. The molecule has 0 aromatic rings. The van der Waals surface area contributed by atoms with Crippen LogP contribution >= 0.6 is 23.2 Å². The van der Waals surface area contributed by atoms with E-state index in [1.54, 1.807) is 0 Å². The molecule has 0 fully saturated rings. The van der Waals surface area contributed by atoms with Crippen molar-refractivity contribution in [1.29, 1.82) is 0 Å². The fraction of sp³-hybridized carbons (Fsp3) is 0.750. The minimum atomic E-state index is -1.09. The van der Waals surface area contributed by atoms with Crippen LogP contribution in [0.15, 0.2) is 5.16 Å². The van der Waals surface area contributed by atoms with Crippen molar-refractivity contribution in [1.82, 2.24) is 0 Å². The van der Waals surface area contributed by atoms with Crippen LogP contribution < -0.4 is 0 Å². The molecule has 0 spiro atoms. The molecule has 8 heavy (non-hydrogen) atoms. The monoisotopic (exact) mass is 153 g/mol. The van der Waals surface area contributed by atoms with Crippen molar-refractivity contribution in [3.8, 4) is 0 Å². The molecule has 1 aliphatic heterocycles. The molecule has 0 atom stereocenters. The first kappa shape index (κ1) is 6.17. The van der Waals surface area contributed by atoms with Crippen molar-refractivity contribution in [3.05, 3.63) is 0 Å². The fourth-order valence-corrected chi connectivity index (χ4v) is 0.963. The summed E-state index contributed by atoms with van der Waals surface area (Å²) in [7, 11) is 0. The summed E-state index contributed by atoms with van der Waals surface area (Å²) in [6.07, 6.45) is 0.496. The Morgan fingerprint density at radius 3 is 2.50 bits per heavy atom. The summed E-state index contributed by atoms with van der Waals surface area (Å²) in [5.74, 6) is 0. The lowest BCUT2D eigenvalue weighted by atomic mass is 10.3. The predicted molar refractivity (Wildman–Crippen MR) is 33.2 cm³/mol. The number of alkyl halides is 2. The molecule has 0 saturated heterocycles. The Bertz CT molecular complexity index is 132. The summed E-state index contributed by atoms with van der Waals surface area (Å²) in [6.45, 7) is 1.81. The normalized spacial score (nSPS) is 24.6. The van der Waals surface area contributed by atoms with Crippen LogP contribution in [0.2, 0.25) is 0 Å². The fourth-order valence-electron chi connectivity index (χ4n) is 0.507. The van der Waals surface area contributed by atoms with E-state index in [1.807, 2.05) is 6.92 Å². The smallest absolute Gasteiger partial charge is 0.289 e. The molecule has 46 valence electrons. The Kier molecular flexibility index (Phi) is 1.37. The molecule has 0 aromatic heterocycles. The zero-order valence-corrected chi connectivity index (χ0v) is 5.83. The van der Waals surface area contributed by atoms with E-state index in [1.165, 1.54) is 0 Å². The van der Waals surface area contributed by atoms with Crippen molar-refractivity contribution in [2.24, 2.45) is 5.16 Å². The van der Waals surface area contributed by atoms with Gasteiger partial charge in [0.25, 0.3) is 4.52 Å². The van der Waals surface area contributed by atoms with Crippen LogP contribution in [0, 0.1) is 0 Å². The maximum absolute atomic E-state index is 5.49. The van der Waals surface area contributed by atoms with Gasteiger partial charge in [-0.2, -0.15) is 0 Å². The topological polar surface area (TPSA) is 21.6 Å². The van der Waals surface area contributed by atoms with E-state index in [0.717, 1.165) is 5.71 Å². The first-order valence-electron chi connectivity index (χ1n) is 2.20. The molecule has 0 N–H and O–H groups in total. The standard InChI is InChI=1S/C4H5Cl2NO/c1-3-2-4(5,6)8-7-3/h2H2,1H3. The van der Waals surface area contributed by atoms with E-state index in [0.29, 0.717) is 6.42 Å². The van der Waals surface area contributed by atoms with Crippen molar-refractivity contribution in [2.75, 3.05) is 0 Å². The van der Waals surface area contributed by atoms with Gasteiger partial charge in [-0.15, -0.1) is 0 Å². The van der Waals surface area contributed by atoms with Gasteiger partial charge in [-0.25, -0.2) is 0 Å². The van der Waals surface area contributed by atoms with Gasteiger partial charge >= 0.3 is 0 Å². The van der Waals surface area contributed by atoms with Crippen molar-refractivity contribution in [3.63, 3.8) is 0 Å². The van der Waals surface area contributed by atoms with Crippen LogP contribution in [-0.2, 0) is 4.84 Å². The molecule has 0 amide bonds. The minimum Gasteiger partial charge on any atom is -0.356 e. The predicted octanol–water partition coefficient (Wildman–Crippen LogP) is 1.91. The van der Waals surface area contributed by atoms with Gasteiger partial charge < -0.3 is 4.84 Å². The second-order valence-electron chi connectivity index (χ2n) is 1.73. The van der Waals surface area contributed by atoms with E-state index in [4.69, 9.17) is 23.2 Å². The Labute approximate surface area is 57.4 Å². The molecule has 2 nitrogen and oxygen atoms in total. The maximum atomic E-state index is 5.49. The van der Waals surface area contributed by atoms with Crippen LogP contribution in [0.25, 0.3) is 0 Å². The highest BCUT2D eigenvalue weighted by atomic mass is 35.5. The number of oxime groups is 1. The van der Waals surface area contributed by atoms with E-state index >= 15 is 0 Å². The largest absolute Gasteiger partial charge is 0.356 e. The Morgan fingerprint density at radius 1 is 1.75 bits per heavy atom. The average Bonchev–Trinajstić information content (AvgIpc) is 1.82. The van der Waals surface area contributed by atoms with Crippen molar-refractivity contribution in [2.45, 2.75) is 17.9 Å². The summed E-state index contributed by atoms with van der Waals surface area (Å²) in [4.78, 5) is 4.57. The zero-order chi connectivity index (χ0) is 6.20. The molecule has 1 heterocycles. The lowest BCUT2D eigenvalue weighted by Crippen LogP contribution is -2.10. The number of halogens is 2. The zero-order valence-electron chi connectivity index (χ0n) is 4.32. The van der Waals surface area contributed by atoms with Gasteiger partial charge in [0.05, 0.1) is 12.1 Å². The quantitative estimate of drug-likeness (QED) is 0.488. The van der Waals surface area contributed by atoms with Gasteiger partial charge in [0.2, 0.25) is 0 Å². The van der Waals surface area contributed by atoms with Gasteiger partial charge in [0, 0.05) is 0 Å². The Hall–Kier alpha value is 0.0500. The Balaban J connectivity index is 2.55. The van der Waals surface area contributed by atoms with Crippen LogP contribution in [0.1, 0.15) is 13.3 Å². The SMILES string of the molecule is CC1=NOC(Cl)(Cl)C1. The van der Waals surface area contributed by atoms with E-state index in [2.05, 4.69) is 9.99 Å². The van der Waals surface area contributed by atoms with Crippen LogP contribution in [-0.4, -0.2) is 10.2 Å². The lowest BCUT2D eigenvalue weighted by molar-refractivity contribution is 0.112.